The number of nitrogens with one attached hydrogen (secondary N) is 1. The second-order valence-electron chi connectivity index (χ2n) is 7.20. The predicted molar refractivity (Wildman–Crippen MR) is 101 cm³/mol. The van der Waals surface area contributed by atoms with Gasteiger partial charge in [0.1, 0.15) is 5.65 Å². The van der Waals surface area contributed by atoms with Gasteiger partial charge in [-0.1, -0.05) is 0 Å². The van der Waals surface area contributed by atoms with Crippen molar-refractivity contribution >= 4 is 28.9 Å². The quantitative estimate of drug-likeness (QED) is 0.614. The summed E-state index contributed by atoms with van der Waals surface area (Å²) >= 11 is 0. The molecule has 1 saturated heterocycles. The van der Waals surface area contributed by atoms with Gasteiger partial charge in [-0.3, -0.25) is 9.59 Å². The van der Waals surface area contributed by atoms with Gasteiger partial charge in [-0.05, 0) is 25.3 Å². The number of fused-ring (bicyclic) bond motifs is 1. The van der Waals surface area contributed by atoms with E-state index >= 15 is 0 Å². The summed E-state index contributed by atoms with van der Waals surface area (Å²) in [5, 5.41) is 11.6. The molecule has 0 bridgehead atoms. The van der Waals surface area contributed by atoms with Gasteiger partial charge in [-0.15, -0.1) is 0 Å². The van der Waals surface area contributed by atoms with Crippen LogP contribution < -0.4 is 26.1 Å². The van der Waals surface area contributed by atoms with Gasteiger partial charge in [0.15, 0.2) is 17.4 Å². The highest BCUT2D eigenvalue weighted by Gasteiger charge is 2.30. The van der Waals surface area contributed by atoms with Gasteiger partial charge in [-0.25, -0.2) is 14.2 Å². The predicted octanol–water partition coefficient (Wildman–Crippen LogP) is 0.581. The van der Waals surface area contributed by atoms with Gasteiger partial charge in [0.05, 0.1) is 18.1 Å². The lowest BCUT2D eigenvalue weighted by atomic mass is 10.2. The van der Waals surface area contributed by atoms with Crippen LogP contribution in [-0.2, 0) is 4.79 Å². The minimum Gasteiger partial charge on any atom is -0.449 e. The number of carbonyl (C=O) groups excluding carboxylic acids is 1. The van der Waals surface area contributed by atoms with Crippen LogP contribution in [0.2, 0.25) is 0 Å². The molecule has 2 fully saturated rings. The topological polar surface area (TPSA) is 140 Å². The van der Waals surface area contributed by atoms with E-state index in [-0.39, 0.29) is 47.1 Å². The Hall–Kier alpha value is -3.21. The number of anilines is 1. The third-order valence-electron chi connectivity index (χ3n) is 5.08. The Balaban J connectivity index is 1.73. The molecule has 1 aliphatic carbocycles. The third kappa shape index (κ3) is 3.73. The lowest BCUT2D eigenvalue weighted by molar-refractivity contribution is -0.120. The lowest BCUT2D eigenvalue weighted by Crippen LogP contribution is -2.40. The van der Waals surface area contributed by atoms with Gasteiger partial charge in [-0.2, -0.15) is 0 Å². The average molecular weight is 405 g/mol. The van der Waals surface area contributed by atoms with Crippen molar-refractivity contribution < 1.29 is 23.8 Å². The Kier molecular flexibility index (Phi) is 4.82. The second kappa shape index (κ2) is 7.32. The largest absolute Gasteiger partial charge is 0.511 e. The van der Waals surface area contributed by atoms with E-state index in [1.807, 2.05) is 0 Å². The van der Waals surface area contributed by atoms with E-state index in [4.69, 9.17) is 10.8 Å². The molecule has 2 aliphatic rings. The van der Waals surface area contributed by atoms with Crippen molar-refractivity contribution in [2.24, 2.45) is 5.73 Å². The molecule has 1 saturated carbocycles. The number of hydrogen-bond donors (Lipinski definition) is 3. The van der Waals surface area contributed by atoms with E-state index in [2.05, 4.69) is 15.0 Å². The number of nitrogens with zero attached hydrogens (tertiary/aromatic N) is 3. The van der Waals surface area contributed by atoms with E-state index < -0.39 is 17.4 Å². The number of carboxylic acid groups (broad SMARTS) is 1. The van der Waals surface area contributed by atoms with Crippen molar-refractivity contribution in [1.82, 2.24) is 14.9 Å². The number of rotatable bonds is 5. The maximum atomic E-state index is 14.8. The van der Waals surface area contributed by atoms with Crippen LogP contribution in [0, 0.1) is 5.82 Å². The highest BCUT2D eigenvalue weighted by molar-refractivity contribution is 5.80. The van der Waals surface area contributed by atoms with E-state index in [1.54, 1.807) is 9.47 Å². The first-order valence-electron chi connectivity index (χ1n) is 9.28. The molecule has 4 rings (SSSR count). The summed E-state index contributed by atoms with van der Waals surface area (Å²) in [7, 11) is 0. The number of nitrogens with two attached hydrogens (primary N) is 1. The molecule has 3 heterocycles. The van der Waals surface area contributed by atoms with Crippen LogP contribution in [0.3, 0.4) is 0 Å². The Morgan fingerprint density at radius 1 is 1.38 bits per heavy atom. The number of ether oxygens (including phenoxy) is 1. The van der Waals surface area contributed by atoms with E-state index in [9.17, 15) is 18.8 Å². The molecule has 0 aromatic carbocycles. The summed E-state index contributed by atoms with van der Waals surface area (Å²) in [6, 6.07) is 0.953. The summed E-state index contributed by atoms with van der Waals surface area (Å²) in [6.07, 6.45) is 2.01. The molecule has 2 aromatic heterocycles. The molecular weight excluding hydrogens is 385 g/mol. The van der Waals surface area contributed by atoms with Gasteiger partial charge in [0.25, 0.3) is 0 Å². The molecule has 2 aromatic rings. The summed E-state index contributed by atoms with van der Waals surface area (Å²) in [5.41, 5.74) is 4.86. The molecule has 0 radical (unpaired) electrons. The highest BCUT2D eigenvalue weighted by atomic mass is 19.1. The number of pyridine rings is 2. The minimum atomic E-state index is -1.61. The number of aromatic nitrogens is 2. The normalized spacial score (nSPS) is 18.8. The molecule has 1 unspecified atom stereocenters. The fraction of sp³-hybridized carbons (Fsp3) is 0.444. The molecular formula is C18H20FN5O5. The van der Waals surface area contributed by atoms with Gasteiger partial charge < -0.3 is 30.4 Å². The van der Waals surface area contributed by atoms with Gasteiger partial charge >= 0.3 is 6.16 Å². The van der Waals surface area contributed by atoms with Gasteiger partial charge in [0.2, 0.25) is 11.3 Å². The Labute approximate surface area is 164 Å². The van der Waals surface area contributed by atoms with E-state index in [1.165, 1.54) is 6.20 Å². The third-order valence-corrected chi connectivity index (χ3v) is 5.08. The van der Waals surface area contributed by atoms with Crippen LogP contribution in [-0.4, -0.2) is 52.4 Å². The first-order valence-corrected chi connectivity index (χ1v) is 9.28. The van der Waals surface area contributed by atoms with Crippen molar-refractivity contribution in [2.45, 2.75) is 31.3 Å². The summed E-state index contributed by atoms with van der Waals surface area (Å²) < 4.78 is 21.1. The van der Waals surface area contributed by atoms with E-state index in [0.29, 0.717) is 19.5 Å². The number of halogens is 1. The summed E-state index contributed by atoms with van der Waals surface area (Å²) in [5.74, 6) is -1.27. The number of carbonyl (C=O) groups is 2. The molecule has 29 heavy (non-hydrogen) atoms. The zero-order valence-electron chi connectivity index (χ0n) is 15.4. The molecule has 1 aliphatic heterocycles. The molecule has 4 N–H and O–H groups in total. The van der Waals surface area contributed by atoms with Crippen LogP contribution in [0.25, 0.3) is 11.0 Å². The molecule has 10 nitrogen and oxygen atoms in total. The monoisotopic (exact) mass is 405 g/mol. The van der Waals surface area contributed by atoms with Crippen LogP contribution >= 0.6 is 0 Å². The SMILES string of the molecule is NCC(=O)NC1CCN(c2nc3c(cc2F)c(=O)c(OC(=O)O)cn3C2CC2)C1. The lowest BCUT2D eigenvalue weighted by Gasteiger charge is -2.20. The zero-order chi connectivity index (χ0) is 20.7. The van der Waals surface area contributed by atoms with Crippen molar-refractivity contribution in [3.05, 3.63) is 28.3 Å². The first kappa shape index (κ1) is 19.1. The van der Waals surface area contributed by atoms with Gasteiger partial charge in [0, 0.05) is 25.2 Å². The molecule has 154 valence electrons. The summed E-state index contributed by atoms with van der Waals surface area (Å²) in [4.78, 5) is 41.0. The smallest absolute Gasteiger partial charge is 0.449 e. The van der Waals surface area contributed by atoms with Crippen LogP contribution in [0.4, 0.5) is 15.0 Å². The first-order chi connectivity index (χ1) is 13.9. The van der Waals surface area contributed by atoms with Crippen molar-refractivity contribution in [3.8, 4) is 5.75 Å². The summed E-state index contributed by atoms with van der Waals surface area (Å²) in [6.45, 7) is 0.737. The van der Waals surface area contributed by atoms with Crippen molar-refractivity contribution in [2.75, 3.05) is 24.5 Å². The highest BCUT2D eigenvalue weighted by Crippen LogP contribution is 2.38. The molecule has 0 spiro atoms. The number of hydrogen-bond acceptors (Lipinski definition) is 7. The maximum Gasteiger partial charge on any atom is 0.511 e. The number of amides is 1. The van der Waals surface area contributed by atoms with Crippen molar-refractivity contribution in [1.29, 1.82) is 0 Å². The standard InChI is InChI=1S/C18H20FN5O5/c19-12-5-11-15(26)13(29-18(27)28)8-24(10-1-2-10)16(11)22-17(12)23-4-3-9(7-23)21-14(25)6-20/h5,8-10H,1-4,6-7,20H2,(H,21,25)(H,27,28). The van der Waals surface area contributed by atoms with Crippen LogP contribution in [0.5, 0.6) is 5.75 Å². The Morgan fingerprint density at radius 2 is 2.14 bits per heavy atom. The van der Waals surface area contributed by atoms with Crippen molar-refractivity contribution in [3.63, 3.8) is 0 Å². The Morgan fingerprint density at radius 3 is 2.79 bits per heavy atom. The fourth-order valence-corrected chi connectivity index (χ4v) is 3.59. The fourth-order valence-electron chi connectivity index (χ4n) is 3.59. The second-order valence-corrected chi connectivity index (χ2v) is 7.20. The van der Waals surface area contributed by atoms with Crippen LogP contribution in [0.15, 0.2) is 17.1 Å². The zero-order valence-corrected chi connectivity index (χ0v) is 15.4. The Bertz CT molecular complexity index is 1050. The molecule has 11 heteroatoms. The van der Waals surface area contributed by atoms with E-state index in [0.717, 1.165) is 18.9 Å². The molecule has 1 atom stereocenters. The minimum absolute atomic E-state index is 0.0379. The average Bonchev–Trinajstić information content (AvgIpc) is 3.42. The van der Waals surface area contributed by atoms with Crippen LogP contribution in [0.1, 0.15) is 25.3 Å². The molecule has 1 amide bonds. The maximum absolute atomic E-state index is 14.8.